The highest BCUT2D eigenvalue weighted by molar-refractivity contribution is 6.31. The Morgan fingerprint density at radius 3 is 3.05 bits per heavy atom. The number of piperidine rings is 1. The van der Waals surface area contributed by atoms with E-state index in [0.717, 1.165) is 30.5 Å². The number of ether oxygens (including phenoxy) is 1. The molecule has 0 amide bonds. The minimum Gasteiger partial charge on any atom is -0.504 e. The van der Waals surface area contributed by atoms with Crippen molar-refractivity contribution in [2.24, 2.45) is 5.92 Å². The number of likely N-dealkylation sites (N-methyl/N-ethyl adjacent to an activating group) is 1. The van der Waals surface area contributed by atoms with Crippen molar-refractivity contribution in [3.05, 3.63) is 34.4 Å². The fraction of sp³-hybridized carbons (Fsp3) is 0.529. The molecule has 2 aliphatic carbocycles. The molecule has 4 nitrogen and oxygen atoms in total. The van der Waals surface area contributed by atoms with E-state index in [1.54, 1.807) is 6.07 Å². The minimum absolute atomic E-state index is 0.0934. The first-order chi connectivity index (χ1) is 10.5. The van der Waals surface area contributed by atoms with E-state index in [2.05, 4.69) is 18.0 Å². The van der Waals surface area contributed by atoms with Gasteiger partial charge < -0.3 is 19.8 Å². The number of rotatable bonds is 0. The van der Waals surface area contributed by atoms with Gasteiger partial charge in [-0.1, -0.05) is 23.8 Å². The summed E-state index contributed by atoms with van der Waals surface area (Å²) in [6.45, 7) is 0.966. The van der Waals surface area contributed by atoms with Crippen LogP contribution in [0, 0.1) is 5.92 Å². The second-order valence-corrected chi connectivity index (χ2v) is 7.45. The Morgan fingerprint density at radius 2 is 2.23 bits per heavy atom. The summed E-state index contributed by atoms with van der Waals surface area (Å²) < 4.78 is 6.08. The molecular formula is C17H18ClNO3. The van der Waals surface area contributed by atoms with Gasteiger partial charge in [-0.15, -0.1) is 0 Å². The van der Waals surface area contributed by atoms with E-state index in [0.29, 0.717) is 22.7 Å². The second-order valence-electron chi connectivity index (χ2n) is 7.04. The van der Waals surface area contributed by atoms with Crippen LogP contribution in [0.2, 0.25) is 5.02 Å². The largest absolute Gasteiger partial charge is 0.504 e. The molecule has 0 radical (unpaired) electrons. The Morgan fingerprint density at radius 1 is 1.41 bits per heavy atom. The lowest BCUT2D eigenvalue weighted by molar-refractivity contribution is -0.0453. The monoisotopic (exact) mass is 319 g/mol. The van der Waals surface area contributed by atoms with Crippen LogP contribution in [0.5, 0.6) is 11.5 Å². The smallest absolute Gasteiger partial charge is 0.165 e. The molecule has 0 unspecified atom stereocenters. The first-order valence-electron chi connectivity index (χ1n) is 7.82. The summed E-state index contributed by atoms with van der Waals surface area (Å²) in [5.74, 6) is 0.933. The number of phenols is 1. The summed E-state index contributed by atoms with van der Waals surface area (Å²) in [5.41, 5.74) is 1.89. The van der Waals surface area contributed by atoms with Crippen molar-refractivity contribution in [2.75, 3.05) is 13.6 Å². The molecule has 4 aliphatic rings. The standard InChI is InChI=1S/C17H18ClNO3/c1-19-5-4-17-9-2-3-12(20)16(17)22-15-13(21)7-10(18)8(14(15)17)6-11(9)19/h2-3,7,9,11-12,16,20-21H,4-6H2,1H3/t9-,11+,12-,16-,17-/m0/s1. The first kappa shape index (κ1) is 13.2. The molecular weight excluding hydrogens is 302 g/mol. The molecule has 116 valence electrons. The Hall–Kier alpha value is -1.23. The number of phenolic OH excluding ortho intramolecular Hbond substituents is 1. The molecule has 5 rings (SSSR count). The lowest BCUT2D eigenvalue weighted by Gasteiger charge is -2.56. The molecule has 2 aliphatic heterocycles. The van der Waals surface area contributed by atoms with E-state index in [1.165, 1.54) is 0 Å². The van der Waals surface area contributed by atoms with Gasteiger partial charge in [-0.2, -0.15) is 0 Å². The van der Waals surface area contributed by atoms with Crippen LogP contribution in [0.3, 0.4) is 0 Å². The van der Waals surface area contributed by atoms with E-state index in [-0.39, 0.29) is 17.3 Å². The predicted molar refractivity (Wildman–Crippen MR) is 82.6 cm³/mol. The number of hydrogen-bond donors (Lipinski definition) is 2. The summed E-state index contributed by atoms with van der Waals surface area (Å²) >= 11 is 6.45. The normalized spacial score (nSPS) is 41.2. The van der Waals surface area contributed by atoms with Crippen LogP contribution in [0.4, 0.5) is 0 Å². The molecule has 0 aromatic heterocycles. The van der Waals surface area contributed by atoms with Crippen molar-refractivity contribution in [2.45, 2.75) is 36.5 Å². The van der Waals surface area contributed by atoms with Gasteiger partial charge in [-0.05, 0) is 32.0 Å². The Bertz CT molecular complexity index is 718. The first-order valence-corrected chi connectivity index (χ1v) is 8.20. The maximum absolute atomic E-state index is 10.5. The molecule has 0 saturated carbocycles. The minimum atomic E-state index is -0.642. The quantitative estimate of drug-likeness (QED) is 0.717. The third-order valence-corrected chi connectivity index (χ3v) is 6.56. The van der Waals surface area contributed by atoms with Crippen LogP contribution in [-0.2, 0) is 11.8 Å². The number of nitrogens with zero attached hydrogens (tertiary/aromatic N) is 1. The molecule has 5 heteroatoms. The fourth-order valence-corrected chi connectivity index (χ4v) is 5.55. The summed E-state index contributed by atoms with van der Waals surface area (Å²) in [7, 11) is 2.15. The van der Waals surface area contributed by atoms with E-state index < -0.39 is 6.10 Å². The van der Waals surface area contributed by atoms with E-state index in [1.807, 2.05) is 6.08 Å². The molecule has 2 N–H and O–H groups in total. The zero-order valence-electron chi connectivity index (χ0n) is 12.3. The van der Waals surface area contributed by atoms with Gasteiger partial charge in [0.25, 0.3) is 0 Å². The number of benzene rings is 1. The van der Waals surface area contributed by atoms with E-state index in [4.69, 9.17) is 16.3 Å². The fourth-order valence-electron chi connectivity index (χ4n) is 5.28. The molecule has 1 fully saturated rings. The molecule has 22 heavy (non-hydrogen) atoms. The van der Waals surface area contributed by atoms with Gasteiger partial charge >= 0.3 is 0 Å². The van der Waals surface area contributed by atoms with Crippen molar-refractivity contribution in [3.8, 4) is 11.5 Å². The van der Waals surface area contributed by atoms with E-state index >= 15 is 0 Å². The summed E-state index contributed by atoms with van der Waals surface area (Å²) in [4.78, 5) is 2.39. The van der Waals surface area contributed by atoms with Crippen molar-refractivity contribution in [1.29, 1.82) is 0 Å². The van der Waals surface area contributed by atoms with Gasteiger partial charge in [0.1, 0.15) is 12.2 Å². The average molecular weight is 320 g/mol. The third-order valence-electron chi connectivity index (χ3n) is 6.22. The molecule has 2 bridgehead atoms. The van der Waals surface area contributed by atoms with Gasteiger partial charge in [0.05, 0.1) is 0 Å². The molecule has 1 spiro atoms. The van der Waals surface area contributed by atoms with Crippen LogP contribution in [0.1, 0.15) is 17.5 Å². The average Bonchev–Trinajstić information content (AvgIpc) is 2.83. The number of aliphatic hydroxyl groups excluding tert-OH is 1. The highest BCUT2D eigenvalue weighted by Crippen LogP contribution is 2.63. The van der Waals surface area contributed by atoms with Crippen LogP contribution in [-0.4, -0.2) is 47.0 Å². The van der Waals surface area contributed by atoms with Crippen LogP contribution in [0.15, 0.2) is 18.2 Å². The van der Waals surface area contributed by atoms with Gasteiger partial charge in [0.15, 0.2) is 11.5 Å². The van der Waals surface area contributed by atoms with E-state index in [9.17, 15) is 10.2 Å². The number of likely N-dealkylation sites (tertiary alicyclic amines) is 1. The van der Waals surface area contributed by atoms with Crippen molar-refractivity contribution in [1.82, 2.24) is 4.90 Å². The summed E-state index contributed by atoms with van der Waals surface area (Å²) in [6, 6.07) is 1.95. The summed E-state index contributed by atoms with van der Waals surface area (Å²) in [5, 5.41) is 21.4. The van der Waals surface area contributed by atoms with Crippen LogP contribution >= 0.6 is 11.6 Å². The van der Waals surface area contributed by atoms with Crippen LogP contribution in [0.25, 0.3) is 0 Å². The van der Waals surface area contributed by atoms with Gasteiger partial charge in [0, 0.05) is 34.0 Å². The molecule has 1 saturated heterocycles. The number of halogens is 1. The molecule has 5 atom stereocenters. The maximum atomic E-state index is 10.5. The van der Waals surface area contributed by atoms with Gasteiger partial charge in [0.2, 0.25) is 0 Å². The summed E-state index contributed by atoms with van der Waals surface area (Å²) in [6.07, 6.45) is 4.82. The number of aromatic hydroxyl groups is 1. The zero-order chi connectivity index (χ0) is 15.2. The van der Waals surface area contributed by atoms with Crippen LogP contribution < -0.4 is 4.74 Å². The number of aliphatic hydroxyl groups is 1. The van der Waals surface area contributed by atoms with Crippen molar-refractivity contribution in [3.63, 3.8) is 0 Å². The molecule has 1 aromatic carbocycles. The molecule has 2 heterocycles. The maximum Gasteiger partial charge on any atom is 0.165 e. The SMILES string of the molecule is CN1CC[C@]23c4c5c(Cl)cc(O)c4O[C@H]2[C@@H](O)C=C[C@H]3[C@H]1C5. The predicted octanol–water partition coefficient (Wildman–Crippen LogP) is 1.85. The Labute approximate surface area is 133 Å². The van der Waals surface area contributed by atoms with Gasteiger partial charge in [-0.3, -0.25) is 0 Å². The zero-order valence-corrected chi connectivity index (χ0v) is 13.0. The lowest BCUT2D eigenvalue weighted by atomic mass is 9.53. The topological polar surface area (TPSA) is 52.9 Å². The number of hydrogen-bond acceptors (Lipinski definition) is 4. The Kier molecular flexibility index (Phi) is 2.40. The second kappa shape index (κ2) is 3.99. The van der Waals surface area contributed by atoms with Crippen molar-refractivity contribution >= 4 is 11.6 Å². The Balaban J connectivity index is 1.87. The lowest BCUT2D eigenvalue weighted by Crippen LogP contribution is -2.64. The highest BCUT2D eigenvalue weighted by Gasteiger charge is 2.64. The molecule has 1 aromatic rings. The highest BCUT2D eigenvalue weighted by atomic mass is 35.5. The third kappa shape index (κ3) is 1.29. The van der Waals surface area contributed by atoms with Gasteiger partial charge in [-0.25, -0.2) is 0 Å². The van der Waals surface area contributed by atoms with Crippen molar-refractivity contribution < 1.29 is 14.9 Å².